The summed E-state index contributed by atoms with van der Waals surface area (Å²) in [6, 6.07) is 12.2. The van der Waals surface area contributed by atoms with Crippen molar-refractivity contribution < 1.29 is 0 Å². The van der Waals surface area contributed by atoms with Crippen LogP contribution in [0.2, 0.25) is 5.02 Å². The van der Waals surface area contributed by atoms with Crippen LogP contribution in [0.3, 0.4) is 0 Å². The summed E-state index contributed by atoms with van der Waals surface area (Å²) < 4.78 is 0. The smallest absolute Gasteiger partial charge is 0.148 e. The summed E-state index contributed by atoms with van der Waals surface area (Å²) in [6.07, 6.45) is 5.10. The van der Waals surface area contributed by atoms with E-state index in [2.05, 4.69) is 15.5 Å². The lowest BCUT2D eigenvalue weighted by molar-refractivity contribution is 0.746. The summed E-state index contributed by atoms with van der Waals surface area (Å²) in [4.78, 5) is 0. The number of hydrogen-bond acceptors (Lipinski definition) is 3. The zero-order valence-corrected chi connectivity index (χ0v) is 11.4. The first-order chi connectivity index (χ1) is 9.31. The van der Waals surface area contributed by atoms with Crippen molar-refractivity contribution in [2.24, 2.45) is 0 Å². The summed E-state index contributed by atoms with van der Waals surface area (Å²) >= 11 is 5.87. The molecule has 2 aromatic rings. The molecule has 0 atom stereocenters. The first-order valence-electron chi connectivity index (χ1n) is 6.67. The highest BCUT2D eigenvalue weighted by Crippen LogP contribution is 2.23. The van der Waals surface area contributed by atoms with Gasteiger partial charge in [-0.25, -0.2) is 0 Å². The molecule has 1 heterocycles. The van der Waals surface area contributed by atoms with Gasteiger partial charge in [0.05, 0.1) is 5.69 Å². The van der Waals surface area contributed by atoms with Crippen LogP contribution in [-0.4, -0.2) is 16.2 Å². The maximum absolute atomic E-state index is 5.87. The van der Waals surface area contributed by atoms with Crippen LogP contribution in [-0.2, 0) is 0 Å². The van der Waals surface area contributed by atoms with Crippen molar-refractivity contribution >= 4 is 17.4 Å². The number of nitrogens with zero attached hydrogens (tertiary/aromatic N) is 2. The molecule has 3 rings (SSSR count). The Balaban J connectivity index is 1.72. The van der Waals surface area contributed by atoms with Crippen LogP contribution in [0.25, 0.3) is 11.3 Å². The van der Waals surface area contributed by atoms with Gasteiger partial charge in [0, 0.05) is 16.6 Å². The maximum atomic E-state index is 5.87. The van der Waals surface area contributed by atoms with Gasteiger partial charge in [-0.3, -0.25) is 0 Å². The minimum atomic E-state index is 0.565. The quantitative estimate of drug-likeness (QED) is 0.913. The second-order valence-electron chi connectivity index (χ2n) is 4.94. The zero-order valence-electron chi connectivity index (χ0n) is 10.6. The van der Waals surface area contributed by atoms with Gasteiger partial charge < -0.3 is 5.32 Å². The van der Waals surface area contributed by atoms with Gasteiger partial charge in [0.1, 0.15) is 5.82 Å². The molecule has 1 aliphatic carbocycles. The lowest BCUT2D eigenvalue weighted by Crippen LogP contribution is -2.15. The van der Waals surface area contributed by atoms with Gasteiger partial charge in [0.2, 0.25) is 0 Å². The third-order valence-corrected chi connectivity index (χ3v) is 3.76. The second kappa shape index (κ2) is 5.57. The van der Waals surface area contributed by atoms with Gasteiger partial charge in [-0.15, -0.1) is 10.2 Å². The molecular weight excluding hydrogens is 258 g/mol. The second-order valence-corrected chi connectivity index (χ2v) is 5.37. The molecule has 98 valence electrons. The zero-order chi connectivity index (χ0) is 13.1. The van der Waals surface area contributed by atoms with Crippen LogP contribution >= 0.6 is 11.6 Å². The van der Waals surface area contributed by atoms with Gasteiger partial charge in [0.15, 0.2) is 0 Å². The van der Waals surface area contributed by atoms with Crippen molar-refractivity contribution in [3.8, 4) is 11.3 Å². The largest absolute Gasteiger partial charge is 0.366 e. The summed E-state index contributed by atoms with van der Waals surface area (Å²) in [6.45, 7) is 0. The van der Waals surface area contributed by atoms with Crippen LogP contribution < -0.4 is 5.32 Å². The molecule has 1 saturated carbocycles. The molecule has 19 heavy (non-hydrogen) atoms. The lowest BCUT2D eigenvalue weighted by atomic mass is 10.1. The molecule has 0 amide bonds. The Bertz CT molecular complexity index is 530. The molecule has 1 fully saturated rings. The molecule has 0 saturated heterocycles. The maximum Gasteiger partial charge on any atom is 0.148 e. The predicted molar refractivity (Wildman–Crippen MR) is 78.4 cm³/mol. The van der Waals surface area contributed by atoms with E-state index in [0.29, 0.717) is 6.04 Å². The van der Waals surface area contributed by atoms with Crippen LogP contribution in [0.5, 0.6) is 0 Å². The highest BCUT2D eigenvalue weighted by molar-refractivity contribution is 6.30. The van der Waals surface area contributed by atoms with E-state index in [1.165, 1.54) is 25.7 Å². The van der Waals surface area contributed by atoms with E-state index in [4.69, 9.17) is 11.6 Å². The van der Waals surface area contributed by atoms with Crippen molar-refractivity contribution in [2.75, 3.05) is 5.32 Å². The Morgan fingerprint density at radius 2 is 1.68 bits per heavy atom. The third-order valence-electron chi connectivity index (χ3n) is 3.51. The topological polar surface area (TPSA) is 37.8 Å². The van der Waals surface area contributed by atoms with Crippen molar-refractivity contribution in [1.82, 2.24) is 10.2 Å². The first-order valence-corrected chi connectivity index (χ1v) is 7.05. The minimum Gasteiger partial charge on any atom is -0.366 e. The fourth-order valence-electron chi connectivity index (χ4n) is 2.46. The molecule has 3 nitrogen and oxygen atoms in total. The number of nitrogens with one attached hydrogen (secondary N) is 1. The van der Waals surface area contributed by atoms with E-state index in [0.717, 1.165) is 22.1 Å². The minimum absolute atomic E-state index is 0.565. The molecule has 1 aromatic heterocycles. The highest BCUT2D eigenvalue weighted by atomic mass is 35.5. The molecule has 0 radical (unpaired) electrons. The normalized spacial score (nSPS) is 15.6. The van der Waals surface area contributed by atoms with Crippen LogP contribution in [0, 0.1) is 0 Å². The van der Waals surface area contributed by atoms with Gasteiger partial charge in [-0.1, -0.05) is 36.6 Å². The van der Waals surface area contributed by atoms with Gasteiger partial charge in [-0.05, 0) is 37.1 Å². The van der Waals surface area contributed by atoms with Gasteiger partial charge in [-0.2, -0.15) is 0 Å². The Hall–Kier alpha value is -1.61. The summed E-state index contributed by atoms with van der Waals surface area (Å²) in [5.74, 6) is 0.865. The average Bonchev–Trinajstić information content (AvgIpc) is 2.94. The van der Waals surface area contributed by atoms with Gasteiger partial charge >= 0.3 is 0 Å². The summed E-state index contributed by atoms with van der Waals surface area (Å²) in [5.41, 5.74) is 1.90. The molecule has 0 spiro atoms. The Morgan fingerprint density at radius 3 is 2.32 bits per heavy atom. The predicted octanol–water partition coefficient (Wildman–Crippen LogP) is 4.15. The fraction of sp³-hybridized carbons (Fsp3) is 0.333. The van der Waals surface area contributed by atoms with E-state index >= 15 is 0 Å². The highest BCUT2D eigenvalue weighted by Gasteiger charge is 2.14. The van der Waals surface area contributed by atoms with Crippen LogP contribution in [0.4, 0.5) is 5.82 Å². The van der Waals surface area contributed by atoms with E-state index < -0.39 is 0 Å². The van der Waals surface area contributed by atoms with Crippen LogP contribution in [0.15, 0.2) is 36.4 Å². The van der Waals surface area contributed by atoms with Crippen molar-refractivity contribution in [1.29, 1.82) is 0 Å². The van der Waals surface area contributed by atoms with Gasteiger partial charge in [0.25, 0.3) is 0 Å². The van der Waals surface area contributed by atoms with E-state index in [9.17, 15) is 0 Å². The molecule has 1 aromatic carbocycles. The number of hydrogen-bond donors (Lipinski definition) is 1. The number of aromatic nitrogens is 2. The molecule has 1 N–H and O–H groups in total. The number of anilines is 1. The van der Waals surface area contributed by atoms with Crippen LogP contribution in [0.1, 0.15) is 25.7 Å². The monoisotopic (exact) mass is 273 g/mol. The van der Waals surface area contributed by atoms with Crippen molar-refractivity contribution in [2.45, 2.75) is 31.7 Å². The average molecular weight is 274 g/mol. The van der Waals surface area contributed by atoms with Crippen molar-refractivity contribution in [3.05, 3.63) is 41.4 Å². The molecule has 0 bridgehead atoms. The molecular formula is C15H16ClN3. The molecule has 1 aliphatic rings. The molecule has 0 aliphatic heterocycles. The molecule has 4 heteroatoms. The van der Waals surface area contributed by atoms with E-state index in [1.54, 1.807) is 0 Å². The van der Waals surface area contributed by atoms with Crippen molar-refractivity contribution in [3.63, 3.8) is 0 Å². The fourth-order valence-corrected chi connectivity index (χ4v) is 2.59. The van der Waals surface area contributed by atoms with E-state index in [1.807, 2.05) is 36.4 Å². The summed E-state index contributed by atoms with van der Waals surface area (Å²) in [5, 5.41) is 12.7. The Labute approximate surface area is 118 Å². The Kier molecular flexibility index (Phi) is 3.65. The third kappa shape index (κ3) is 3.04. The number of rotatable bonds is 3. The van der Waals surface area contributed by atoms with E-state index in [-0.39, 0.29) is 0 Å². The Morgan fingerprint density at radius 1 is 0.947 bits per heavy atom. The first kappa shape index (κ1) is 12.4. The SMILES string of the molecule is Clc1ccc(-c2ccc(NC3CCCC3)nn2)cc1. The summed E-state index contributed by atoms with van der Waals surface area (Å²) in [7, 11) is 0. The lowest BCUT2D eigenvalue weighted by Gasteiger charge is -2.11. The number of halogens is 1. The number of benzene rings is 1. The standard InChI is InChI=1S/C15H16ClN3/c16-12-7-5-11(6-8-12)14-9-10-15(19-18-14)17-13-3-1-2-4-13/h5-10,13H,1-4H2,(H,17,19). The molecule has 0 unspecified atom stereocenters.